The van der Waals surface area contributed by atoms with Gasteiger partial charge in [-0.15, -0.1) is 0 Å². The molecule has 3 N–H and O–H groups in total. The van der Waals surface area contributed by atoms with E-state index in [4.69, 9.17) is 5.73 Å². The Labute approximate surface area is 154 Å². The number of amides is 2. The first kappa shape index (κ1) is 18.2. The number of hydrogen-bond donors (Lipinski definition) is 2. The van der Waals surface area contributed by atoms with Crippen LogP contribution in [0.1, 0.15) is 71.5 Å². The molecule has 1 heterocycles. The Morgan fingerprint density at radius 2 is 1.77 bits per heavy atom. The van der Waals surface area contributed by atoms with Gasteiger partial charge in [0.15, 0.2) is 0 Å². The van der Waals surface area contributed by atoms with Gasteiger partial charge in [-0.3, -0.25) is 9.59 Å². The van der Waals surface area contributed by atoms with E-state index in [2.05, 4.69) is 9.88 Å². The number of carbonyl (C=O) groups excluding carboxylic acids is 2. The standard InChI is InChI=1S/C21H27N3O2/c1-14-13-18(15(2)24(14)17-11-7-4-8-12-17)21(26)23-19(20(22)25)16-9-5-3-6-10-16/h3,5-6,9-10,13,17,19H,4,7-8,11-12H2,1-2H3,(H2,22,25)(H,23,26). The Kier molecular flexibility index (Phi) is 5.45. The molecule has 138 valence electrons. The van der Waals surface area contributed by atoms with Crippen LogP contribution in [0.25, 0.3) is 0 Å². The fraction of sp³-hybridized carbons (Fsp3) is 0.429. The van der Waals surface area contributed by atoms with Crippen molar-refractivity contribution in [2.24, 2.45) is 5.73 Å². The van der Waals surface area contributed by atoms with Gasteiger partial charge in [0.25, 0.3) is 5.91 Å². The van der Waals surface area contributed by atoms with Crippen LogP contribution in [0.3, 0.4) is 0 Å². The summed E-state index contributed by atoms with van der Waals surface area (Å²) in [6.07, 6.45) is 6.08. The third-order valence-electron chi connectivity index (χ3n) is 5.36. The largest absolute Gasteiger partial charge is 0.368 e. The molecule has 1 fully saturated rings. The molecule has 5 heteroatoms. The molecular formula is C21H27N3O2. The summed E-state index contributed by atoms with van der Waals surface area (Å²) >= 11 is 0. The van der Waals surface area contributed by atoms with E-state index in [0.717, 1.165) is 24.2 Å². The zero-order valence-corrected chi connectivity index (χ0v) is 15.5. The highest BCUT2D eigenvalue weighted by molar-refractivity contribution is 5.98. The second kappa shape index (κ2) is 7.77. The van der Waals surface area contributed by atoms with Gasteiger partial charge in [0.2, 0.25) is 5.91 Å². The lowest BCUT2D eigenvalue weighted by Crippen LogP contribution is -2.37. The molecule has 5 nitrogen and oxygen atoms in total. The molecule has 1 unspecified atom stereocenters. The van der Waals surface area contributed by atoms with Crippen molar-refractivity contribution >= 4 is 11.8 Å². The molecule has 1 aromatic heterocycles. The number of hydrogen-bond acceptors (Lipinski definition) is 2. The molecule has 1 atom stereocenters. The van der Waals surface area contributed by atoms with Crippen LogP contribution in [-0.4, -0.2) is 16.4 Å². The van der Waals surface area contributed by atoms with Crippen LogP contribution in [0, 0.1) is 13.8 Å². The first-order chi connectivity index (χ1) is 12.5. The summed E-state index contributed by atoms with van der Waals surface area (Å²) in [6, 6.07) is 10.7. The van der Waals surface area contributed by atoms with E-state index in [1.165, 1.54) is 19.3 Å². The maximum Gasteiger partial charge on any atom is 0.254 e. The number of aromatic nitrogens is 1. The molecule has 0 radical (unpaired) electrons. The number of primary amides is 1. The maximum absolute atomic E-state index is 12.9. The van der Waals surface area contributed by atoms with Gasteiger partial charge < -0.3 is 15.6 Å². The highest BCUT2D eigenvalue weighted by Crippen LogP contribution is 2.32. The minimum absolute atomic E-state index is 0.257. The SMILES string of the molecule is Cc1cc(C(=O)NC(C(N)=O)c2ccccc2)c(C)n1C1CCCCC1. The molecule has 1 saturated carbocycles. The van der Waals surface area contributed by atoms with Gasteiger partial charge in [0, 0.05) is 17.4 Å². The lowest BCUT2D eigenvalue weighted by atomic mass is 9.95. The van der Waals surface area contributed by atoms with Crippen molar-refractivity contribution in [2.45, 2.75) is 58.0 Å². The predicted octanol–water partition coefficient (Wildman–Crippen LogP) is 3.57. The number of carbonyl (C=O) groups is 2. The number of nitrogens with two attached hydrogens (primary N) is 1. The van der Waals surface area contributed by atoms with Crippen LogP contribution in [0.2, 0.25) is 0 Å². The quantitative estimate of drug-likeness (QED) is 0.862. The van der Waals surface area contributed by atoms with Crippen molar-refractivity contribution in [3.05, 3.63) is 58.9 Å². The topological polar surface area (TPSA) is 77.1 Å². The monoisotopic (exact) mass is 353 g/mol. The fourth-order valence-electron chi connectivity index (χ4n) is 4.08. The second-order valence-electron chi connectivity index (χ2n) is 7.17. The molecule has 2 aromatic rings. The number of nitrogens with zero attached hydrogens (tertiary/aromatic N) is 1. The number of aryl methyl sites for hydroxylation is 1. The summed E-state index contributed by atoms with van der Waals surface area (Å²) in [5.41, 5.74) is 8.89. The minimum atomic E-state index is -0.832. The molecule has 3 rings (SSSR count). The molecule has 1 aliphatic rings. The number of benzene rings is 1. The van der Waals surface area contributed by atoms with Crippen LogP contribution >= 0.6 is 0 Å². The summed E-state index contributed by atoms with van der Waals surface area (Å²) in [4.78, 5) is 24.7. The van der Waals surface area contributed by atoms with E-state index >= 15 is 0 Å². The van der Waals surface area contributed by atoms with Crippen molar-refractivity contribution < 1.29 is 9.59 Å². The summed E-state index contributed by atoms with van der Waals surface area (Å²) in [6.45, 7) is 4.03. The highest BCUT2D eigenvalue weighted by atomic mass is 16.2. The van der Waals surface area contributed by atoms with E-state index < -0.39 is 11.9 Å². The first-order valence-electron chi connectivity index (χ1n) is 9.32. The van der Waals surface area contributed by atoms with Crippen molar-refractivity contribution in [1.29, 1.82) is 0 Å². The molecule has 0 aliphatic heterocycles. The maximum atomic E-state index is 12.9. The number of rotatable bonds is 5. The molecule has 1 aromatic carbocycles. The third kappa shape index (κ3) is 3.66. The van der Waals surface area contributed by atoms with Crippen LogP contribution in [-0.2, 0) is 4.79 Å². The van der Waals surface area contributed by atoms with E-state index in [1.807, 2.05) is 38.1 Å². The Hall–Kier alpha value is -2.56. The van der Waals surface area contributed by atoms with Crippen molar-refractivity contribution in [3.63, 3.8) is 0 Å². The summed E-state index contributed by atoms with van der Waals surface area (Å²) in [7, 11) is 0. The van der Waals surface area contributed by atoms with Gasteiger partial charge in [-0.1, -0.05) is 49.6 Å². The molecule has 26 heavy (non-hydrogen) atoms. The summed E-state index contributed by atoms with van der Waals surface area (Å²) in [5, 5.41) is 2.81. The van der Waals surface area contributed by atoms with Gasteiger partial charge in [-0.25, -0.2) is 0 Å². The van der Waals surface area contributed by atoms with Crippen molar-refractivity contribution in [1.82, 2.24) is 9.88 Å². The Morgan fingerprint density at radius 1 is 1.12 bits per heavy atom. The first-order valence-corrected chi connectivity index (χ1v) is 9.32. The molecule has 0 saturated heterocycles. The van der Waals surface area contributed by atoms with Gasteiger partial charge in [-0.05, 0) is 38.3 Å². The van der Waals surface area contributed by atoms with Gasteiger partial charge >= 0.3 is 0 Å². The molecule has 1 aliphatic carbocycles. The van der Waals surface area contributed by atoms with E-state index in [0.29, 0.717) is 17.2 Å². The van der Waals surface area contributed by atoms with Gasteiger partial charge in [0.1, 0.15) is 6.04 Å². The van der Waals surface area contributed by atoms with E-state index in [9.17, 15) is 9.59 Å². The molecule has 0 bridgehead atoms. The average molecular weight is 353 g/mol. The Morgan fingerprint density at radius 3 is 2.38 bits per heavy atom. The second-order valence-corrected chi connectivity index (χ2v) is 7.17. The van der Waals surface area contributed by atoms with Crippen LogP contribution in [0.5, 0.6) is 0 Å². The fourth-order valence-corrected chi connectivity index (χ4v) is 4.08. The van der Waals surface area contributed by atoms with Crippen LogP contribution in [0.4, 0.5) is 0 Å². The summed E-state index contributed by atoms with van der Waals surface area (Å²) < 4.78 is 2.29. The van der Waals surface area contributed by atoms with E-state index in [-0.39, 0.29) is 5.91 Å². The Bertz CT molecular complexity index is 789. The zero-order chi connectivity index (χ0) is 18.7. The summed E-state index contributed by atoms with van der Waals surface area (Å²) in [5.74, 6) is -0.821. The van der Waals surface area contributed by atoms with Crippen LogP contribution < -0.4 is 11.1 Å². The van der Waals surface area contributed by atoms with Crippen molar-refractivity contribution in [2.75, 3.05) is 0 Å². The van der Waals surface area contributed by atoms with E-state index in [1.54, 1.807) is 12.1 Å². The predicted molar refractivity (Wildman–Crippen MR) is 102 cm³/mol. The lowest BCUT2D eigenvalue weighted by Gasteiger charge is -2.26. The highest BCUT2D eigenvalue weighted by Gasteiger charge is 2.25. The molecule has 2 amide bonds. The van der Waals surface area contributed by atoms with Crippen molar-refractivity contribution in [3.8, 4) is 0 Å². The molecular weight excluding hydrogens is 326 g/mol. The smallest absolute Gasteiger partial charge is 0.254 e. The van der Waals surface area contributed by atoms with Crippen LogP contribution in [0.15, 0.2) is 36.4 Å². The number of nitrogens with one attached hydrogen (secondary N) is 1. The van der Waals surface area contributed by atoms with Gasteiger partial charge in [-0.2, -0.15) is 0 Å². The normalized spacial score (nSPS) is 16.2. The lowest BCUT2D eigenvalue weighted by molar-refractivity contribution is -0.120. The van der Waals surface area contributed by atoms with Gasteiger partial charge in [0.05, 0.1) is 5.56 Å². The zero-order valence-electron chi connectivity index (χ0n) is 15.5. The third-order valence-corrected chi connectivity index (χ3v) is 5.36. The average Bonchev–Trinajstić information content (AvgIpc) is 2.95. The molecule has 0 spiro atoms. The minimum Gasteiger partial charge on any atom is -0.368 e. The Balaban J connectivity index is 1.84.